The van der Waals surface area contributed by atoms with E-state index in [1.165, 1.54) is 13.0 Å². The quantitative estimate of drug-likeness (QED) is 0.609. The first-order valence-corrected chi connectivity index (χ1v) is 8.11. The maximum Gasteiger partial charge on any atom is 0.310 e. The molecular weight excluding hydrogens is 365 g/mol. The van der Waals surface area contributed by atoms with Crippen LogP contribution in [0.2, 0.25) is 10.0 Å². The Kier molecular flexibility index (Phi) is 6.56. The van der Waals surface area contributed by atoms with E-state index in [-0.39, 0.29) is 12.2 Å². The number of hydrogen-bond donors (Lipinski definition) is 1. The van der Waals surface area contributed by atoms with E-state index in [9.17, 15) is 14.4 Å². The first kappa shape index (κ1) is 19.0. The lowest BCUT2D eigenvalue weighted by atomic mass is 10.1. The second-order valence-electron chi connectivity index (χ2n) is 5.25. The van der Waals surface area contributed by atoms with Gasteiger partial charge in [-0.2, -0.15) is 0 Å². The predicted molar refractivity (Wildman–Crippen MR) is 96.2 cm³/mol. The van der Waals surface area contributed by atoms with E-state index in [1.807, 2.05) is 0 Å². The fraction of sp³-hybridized carbons (Fsp3) is 0.167. The number of carbonyl (C=O) groups excluding carboxylic acids is 3. The van der Waals surface area contributed by atoms with Crippen LogP contribution in [0.3, 0.4) is 0 Å². The Bertz CT molecular complexity index is 803. The molecule has 0 saturated heterocycles. The molecule has 2 aromatic rings. The highest BCUT2D eigenvalue weighted by Crippen LogP contribution is 2.21. The molecule has 0 aliphatic rings. The summed E-state index contributed by atoms with van der Waals surface area (Å²) in [6.45, 7) is 1.04. The number of anilines is 1. The SMILES string of the molecule is CC(=O)c1ccc(NC(=O)COC(=O)Cc2ccc(Cl)cc2Cl)cc1. The molecule has 2 aromatic carbocycles. The molecule has 7 heteroatoms. The number of Topliss-reactive ketones (excluding diaryl/α,β-unsaturated/α-hetero) is 1. The van der Waals surface area contributed by atoms with Crippen molar-refractivity contribution in [3.63, 3.8) is 0 Å². The maximum absolute atomic E-state index is 11.8. The molecule has 0 radical (unpaired) electrons. The van der Waals surface area contributed by atoms with Crippen molar-refractivity contribution >= 4 is 46.5 Å². The Hall–Kier alpha value is -2.37. The molecule has 0 aliphatic heterocycles. The van der Waals surface area contributed by atoms with Crippen molar-refractivity contribution in [3.8, 4) is 0 Å². The lowest BCUT2D eigenvalue weighted by Crippen LogP contribution is -2.21. The molecule has 0 fully saturated rings. The summed E-state index contributed by atoms with van der Waals surface area (Å²) in [5.74, 6) is -1.12. The normalized spacial score (nSPS) is 10.2. The highest BCUT2D eigenvalue weighted by atomic mass is 35.5. The summed E-state index contributed by atoms with van der Waals surface area (Å²) < 4.78 is 4.93. The molecule has 0 unspecified atom stereocenters. The van der Waals surface area contributed by atoms with Gasteiger partial charge in [-0.15, -0.1) is 0 Å². The van der Waals surface area contributed by atoms with Gasteiger partial charge in [0.05, 0.1) is 6.42 Å². The second-order valence-corrected chi connectivity index (χ2v) is 6.10. The van der Waals surface area contributed by atoms with Crippen LogP contribution in [0.5, 0.6) is 0 Å². The number of carbonyl (C=O) groups is 3. The van der Waals surface area contributed by atoms with Crippen LogP contribution in [0, 0.1) is 0 Å². The van der Waals surface area contributed by atoms with Gasteiger partial charge in [0.25, 0.3) is 5.91 Å². The molecule has 1 amide bonds. The van der Waals surface area contributed by atoms with E-state index in [2.05, 4.69) is 5.32 Å². The fourth-order valence-corrected chi connectivity index (χ4v) is 2.48. The van der Waals surface area contributed by atoms with Gasteiger partial charge in [0.1, 0.15) is 0 Å². The Morgan fingerprint density at radius 2 is 1.72 bits per heavy atom. The number of benzene rings is 2. The lowest BCUT2D eigenvalue weighted by Gasteiger charge is -2.08. The third-order valence-corrected chi connectivity index (χ3v) is 3.88. The number of nitrogens with one attached hydrogen (secondary N) is 1. The zero-order chi connectivity index (χ0) is 18.4. The molecule has 0 bridgehead atoms. The molecule has 0 spiro atoms. The molecule has 2 rings (SSSR count). The minimum atomic E-state index is -0.577. The molecule has 1 N–H and O–H groups in total. The highest BCUT2D eigenvalue weighted by Gasteiger charge is 2.11. The molecule has 0 saturated carbocycles. The topological polar surface area (TPSA) is 72.5 Å². The third kappa shape index (κ3) is 5.89. The van der Waals surface area contributed by atoms with Crippen LogP contribution in [0.25, 0.3) is 0 Å². The van der Waals surface area contributed by atoms with Crippen LogP contribution >= 0.6 is 23.2 Å². The van der Waals surface area contributed by atoms with E-state index >= 15 is 0 Å². The van der Waals surface area contributed by atoms with Crippen LogP contribution in [0.15, 0.2) is 42.5 Å². The van der Waals surface area contributed by atoms with Crippen LogP contribution in [-0.2, 0) is 20.7 Å². The molecule has 25 heavy (non-hydrogen) atoms. The molecular formula is C18H15Cl2NO4. The van der Waals surface area contributed by atoms with Crippen molar-refractivity contribution < 1.29 is 19.1 Å². The first-order valence-electron chi connectivity index (χ1n) is 7.35. The van der Waals surface area contributed by atoms with Crippen LogP contribution in [0.1, 0.15) is 22.8 Å². The molecule has 0 atom stereocenters. The Morgan fingerprint density at radius 1 is 1.04 bits per heavy atom. The predicted octanol–water partition coefficient (Wildman–Crippen LogP) is 3.92. The van der Waals surface area contributed by atoms with Gasteiger partial charge in [0, 0.05) is 21.3 Å². The van der Waals surface area contributed by atoms with E-state index in [4.69, 9.17) is 27.9 Å². The van der Waals surface area contributed by atoms with Crippen molar-refractivity contribution in [1.29, 1.82) is 0 Å². The minimum Gasteiger partial charge on any atom is -0.455 e. The summed E-state index contributed by atoms with van der Waals surface area (Å²) in [5.41, 5.74) is 1.62. The van der Waals surface area contributed by atoms with Gasteiger partial charge in [0.15, 0.2) is 12.4 Å². The Balaban J connectivity index is 1.82. The van der Waals surface area contributed by atoms with Gasteiger partial charge in [-0.3, -0.25) is 14.4 Å². The number of esters is 1. The van der Waals surface area contributed by atoms with Gasteiger partial charge in [0.2, 0.25) is 0 Å². The standard InChI is InChI=1S/C18H15Cl2NO4/c1-11(22)12-3-6-15(7-4-12)21-17(23)10-25-18(24)8-13-2-5-14(19)9-16(13)20/h2-7,9H,8,10H2,1H3,(H,21,23). The van der Waals surface area contributed by atoms with Crippen LogP contribution in [-0.4, -0.2) is 24.3 Å². The van der Waals surface area contributed by atoms with Crippen molar-refractivity contribution in [2.45, 2.75) is 13.3 Å². The van der Waals surface area contributed by atoms with E-state index in [0.717, 1.165) is 0 Å². The van der Waals surface area contributed by atoms with Crippen molar-refractivity contribution in [1.82, 2.24) is 0 Å². The summed E-state index contributed by atoms with van der Waals surface area (Å²) >= 11 is 11.8. The molecule has 0 heterocycles. The average Bonchev–Trinajstić information content (AvgIpc) is 2.56. The zero-order valence-electron chi connectivity index (χ0n) is 13.3. The smallest absolute Gasteiger partial charge is 0.310 e. The highest BCUT2D eigenvalue weighted by molar-refractivity contribution is 6.35. The lowest BCUT2D eigenvalue weighted by molar-refractivity contribution is -0.146. The first-order chi connectivity index (χ1) is 11.8. The number of hydrogen-bond acceptors (Lipinski definition) is 4. The van der Waals surface area contributed by atoms with E-state index in [1.54, 1.807) is 36.4 Å². The Morgan fingerprint density at radius 3 is 2.32 bits per heavy atom. The van der Waals surface area contributed by atoms with Gasteiger partial charge >= 0.3 is 5.97 Å². The van der Waals surface area contributed by atoms with E-state index < -0.39 is 18.5 Å². The summed E-state index contributed by atoms with van der Waals surface area (Å²) in [6, 6.07) is 11.2. The summed E-state index contributed by atoms with van der Waals surface area (Å²) in [6.07, 6.45) is -0.0589. The van der Waals surface area contributed by atoms with Gasteiger partial charge < -0.3 is 10.1 Å². The minimum absolute atomic E-state index is 0.0589. The van der Waals surface area contributed by atoms with Crippen molar-refractivity contribution in [2.75, 3.05) is 11.9 Å². The summed E-state index contributed by atoms with van der Waals surface area (Å²) in [7, 11) is 0. The summed E-state index contributed by atoms with van der Waals surface area (Å²) in [5, 5.41) is 3.41. The second kappa shape index (κ2) is 8.65. The van der Waals surface area contributed by atoms with Gasteiger partial charge in [-0.05, 0) is 48.9 Å². The molecule has 130 valence electrons. The van der Waals surface area contributed by atoms with Crippen LogP contribution in [0.4, 0.5) is 5.69 Å². The molecule has 5 nitrogen and oxygen atoms in total. The van der Waals surface area contributed by atoms with Crippen LogP contribution < -0.4 is 5.32 Å². The third-order valence-electron chi connectivity index (χ3n) is 3.29. The average molecular weight is 380 g/mol. The number of amides is 1. The molecule has 0 aromatic heterocycles. The van der Waals surface area contributed by atoms with Crippen molar-refractivity contribution in [3.05, 3.63) is 63.6 Å². The van der Waals surface area contributed by atoms with Gasteiger partial charge in [-0.25, -0.2) is 0 Å². The maximum atomic E-state index is 11.8. The zero-order valence-corrected chi connectivity index (χ0v) is 14.9. The van der Waals surface area contributed by atoms with Gasteiger partial charge in [-0.1, -0.05) is 29.3 Å². The number of ether oxygens (including phenoxy) is 1. The fourth-order valence-electron chi connectivity index (χ4n) is 2.00. The number of halogens is 2. The monoisotopic (exact) mass is 379 g/mol. The van der Waals surface area contributed by atoms with E-state index in [0.29, 0.717) is 26.9 Å². The number of rotatable bonds is 6. The summed E-state index contributed by atoms with van der Waals surface area (Å²) in [4.78, 5) is 34.8. The number of ketones is 1. The van der Waals surface area contributed by atoms with Crippen molar-refractivity contribution in [2.24, 2.45) is 0 Å². The largest absolute Gasteiger partial charge is 0.455 e. The molecule has 0 aliphatic carbocycles. The Labute approximate surface area is 154 Å².